The number of halogens is 1. The molecule has 0 bridgehead atoms. The van der Waals surface area contributed by atoms with Gasteiger partial charge in [-0.1, -0.05) is 6.07 Å². The van der Waals surface area contributed by atoms with E-state index in [4.69, 9.17) is 12.2 Å². The number of nitrogens with zero attached hydrogens (tertiary/aromatic N) is 2. The number of thiocarbonyl (C=S) groups is 1. The lowest BCUT2D eigenvalue weighted by atomic mass is 10.3. The summed E-state index contributed by atoms with van der Waals surface area (Å²) in [6.07, 6.45) is 2.29. The van der Waals surface area contributed by atoms with E-state index >= 15 is 0 Å². The molecular formula is C14H18FN3O2S2. The van der Waals surface area contributed by atoms with Crippen LogP contribution in [0.4, 0.5) is 4.39 Å². The second kappa shape index (κ2) is 6.10. The average Bonchev–Trinajstić information content (AvgIpc) is 3.31. The van der Waals surface area contributed by atoms with Crippen LogP contribution in [0.1, 0.15) is 12.8 Å². The van der Waals surface area contributed by atoms with E-state index in [2.05, 4.69) is 5.32 Å². The highest BCUT2D eigenvalue weighted by atomic mass is 32.2. The van der Waals surface area contributed by atoms with Gasteiger partial charge < -0.3 is 10.2 Å². The van der Waals surface area contributed by atoms with Crippen molar-refractivity contribution in [1.82, 2.24) is 14.5 Å². The molecule has 1 saturated carbocycles. The van der Waals surface area contributed by atoms with Crippen LogP contribution >= 0.6 is 12.2 Å². The first-order chi connectivity index (χ1) is 10.5. The number of nitrogens with one attached hydrogen (secondary N) is 1. The molecule has 1 aromatic rings. The van der Waals surface area contributed by atoms with Gasteiger partial charge in [0.05, 0.1) is 4.90 Å². The molecule has 5 nitrogen and oxygen atoms in total. The fourth-order valence-corrected chi connectivity index (χ4v) is 4.21. The lowest BCUT2D eigenvalue weighted by Crippen LogP contribution is -2.53. The van der Waals surface area contributed by atoms with E-state index in [1.807, 2.05) is 4.90 Å². The number of piperazine rings is 1. The molecule has 2 aliphatic rings. The Balaban J connectivity index is 1.63. The number of hydrogen-bond acceptors (Lipinski definition) is 3. The van der Waals surface area contributed by atoms with Crippen LogP contribution in [0.3, 0.4) is 0 Å². The zero-order valence-corrected chi connectivity index (χ0v) is 13.7. The molecule has 1 aromatic carbocycles. The Morgan fingerprint density at radius 3 is 2.50 bits per heavy atom. The molecule has 8 heteroatoms. The van der Waals surface area contributed by atoms with Crippen molar-refractivity contribution >= 4 is 27.4 Å². The summed E-state index contributed by atoms with van der Waals surface area (Å²) in [5.41, 5.74) is 0. The van der Waals surface area contributed by atoms with Crippen molar-refractivity contribution in [2.24, 2.45) is 0 Å². The van der Waals surface area contributed by atoms with Gasteiger partial charge in [-0.2, -0.15) is 4.31 Å². The van der Waals surface area contributed by atoms with Gasteiger partial charge in [0.2, 0.25) is 10.0 Å². The third-order valence-electron chi connectivity index (χ3n) is 3.86. The molecule has 1 aliphatic heterocycles. The third-order valence-corrected chi connectivity index (χ3v) is 6.14. The second-order valence-corrected chi connectivity index (χ2v) is 7.90. The van der Waals surface area contributed by atoms with Crippen LogP contribution in [0, 0.1) is 5.82 Å². The van der Waals surface area contributed by atoms with Crippen molar-refractivity contribution in [3.63, 3.8) is 0 Å². The molecule has 0 radical (unpaired) electrons. The second-order valence-electron chi connectivity index (χ2n) is 5.57. The predicted octanol–water partition coefficient (Wildman–Crippen LogP) is 1.17. The highest BCUT2D eigenvalue weighted by molar-refractivity contribution is 7.89. The fourth-order valence-electron chi connectivity index (χ4n) is 2.40. The summed E-state index contributed by atoms with van der Waals surface area (Å²) in [6.45, 7) is 1.80. The topological polar surface area (TPSA) is 52.7 Å². The maximum atomic E-state index is 13.2. The van der Waals surface area contributed by atoms with E-state index in [1.165, 1.54) is 22.5 Å². The number of sulfonamides is 1. The predicted molar refractivity (Wildman–Crippen MR) is 85.5 cm³/mol. The molecule has 1 N–H and O–H groups in total. The Hall–Kier alpha value is -1.25. The molecule has 0 amide bonds. The van der Waals surface area contributed by atoms with Crippen LogP contribution < -0.4 is 5.32 Å². The normalized spacial score (nSPS) is 20.0. The Morgan fingerprint density at radius 2 is 1.91 bits per heavy atom. The maximum absolute atomic E-state index is 13.2. The van der Waals surface area contributed by atoms with E-state index in [0.29, 0.717) is 37.3 Å². The van der Waals surface area contributed by atoms with E-state index in [0.717, 1.165) is 18.9 Å². The molecule has 0 unspecified atom stereocenters. The zero-order chi connectivity index (χ0) is 15.7. The van der Waals surface area contributed by atoms with E-state index in [1.54, 1.807) is 0 Å². The standard InChI is InChI=1S/C14H18FN3O2S2/c15-11-2-1-3-13(10-11)22(19,20)18-8-6-17(7-9-18)14(21)16-12-4-5-12/h1-3,10,12H,4-9H2,(H,16,21). The van der Waals surface area contributed by atoms with Gasteiger partial charge in [-0.25, -0.2) is 12.8 Å². The maximum Gasteiger partial charge on any atom is 0.243 e. The summed E-state index contributed by atoms with van der Waals surface area (Å²) in [5.74, 6) is -0.547. The van der Waals surface area contributed by atoms with Crippen molar-refractivity contribution in [3.05, 3.63) is 30.1 Å². The molecular weight excluding hydrogens is 325 g/mol. The van der Waals surface area contributed by atoms with Gasteiger partial charge in [0.25, 0.3) is 0 Å². The summed E-state index contributed by atoms with van der Waals surface area (Å²) in [7, 11) is -3.64. The first-order valence-corrected chi connectivity index (χ1v) is 9.13. The quantitative estimate of drug-likeness (QED) is 0.835. The first-order valence-electron chi connectivity index (χ1n) is 7.28. The van der Waals surface area contributed by atoms with E-state index < -0.39 is 15.8 Å². The molecule has 0 aromatic heterocycles. The summed E-state index contributed by atoms with van der Waals surface area (Å²) in [4.78, 5) is 1.99. The average molecular weight is 343 g/mol. The Labute approximate surface area is 135 Å². The fraction of sp³-hybridized carbons (Fsp3) is 0.500. The van der Waals surface area contributed by atoms with Crippen molar-refractivity contribution in [3.8, 4) is 0 Å². The largest absolute Gasteiger partial charge is 0.360 e. The van der Waals surface area contributed by atoms with Crippen molar-refractivity contribution in [2.75, 3.05) is 26.2 Å². The molecule has 1 saturated heterocycles. The van der Waals surface area contributed by atoms with Gasteiger partial charge >= 0.3 is 0 Å². The lowest BCUT2D eigenvalue weighted by Gasteiger charge is -2.35. The monoisotopic (exact) mass is 343 g/mol. The van der Waals surface area contributed by atoms with Crippen LogP contribution in [0.25, 0.3) is 0 Å². The molecule has 0 spiro atoms. The van der Waals surface area contributed by atoms with Gasteiger partial charge in [-0.05, 0) is 43.3 Å². The van der Waals surface area contributed by atoms with Crippen LogP contribution in [0.2, 0.25) is 0 Å². The molecule has 1 heterocycles. The minimum absolute atomic E-state index is 0.000341. The summed E-state index contributed by atoms with van der Waals surface area (Å²) < 4.78 is 39.6. The van der Waals surface area contributed by atoms with Crippen LogP contribution in [-0.2, 0) is 10.0 Å². The molecule has 120 valence electrons. The van der Waals surface area contributed by atoms with Gasteiger partial charge in [-0.15, -0.1) is 0 Å². The number of rotatable bonds is 3. The lowest BCUT2D eigenvalue weighted by molar-refractivity contribution is 0.264. The Morgan fingerprint density at radius 1 is 1.23 bits per heavy atom. The minimum Gasteiger partial charge on any atom is -0.360 e. The highest BCUT2D eigenvalue weighted by Crippen LogP contribution is 2.21. The van der Waals surface area contributed by atoms with E-state index in [9.17, 15) is 12.8 Å². The minimum atomic E-state index is -3.64. The van der Waals surface area contributed by atoms with Crippen molar-refractivity contribution in [2.45, 2.75) is 23.8 Å². The number of benzene rings is 1. The number of hydrogen-bond donors (Lipinski definition) is 1. The van der Waals surface area contributed by atoms with Gasteiger partial charge in [0, 0.05) is 32.2 Å². The zero-order valence-electron chi connectivity index (χ0n) is 12.0. The van der Waals surface area contributed by atoms with Gasteiger partial charge in [0.15, 0.2) is 5.11 Å². The van der Waals surface area contributed by atoms with Gasteiger partial charge in [-0.3, -0.25) is 0 Å². The van der Waals surface area contributed by atoms with Crippen molar-refractivity contribution in [1.29, 1.82) is 0 Å². The van der Waals surface area contributed by atoms with Gasteiger partial charge in [0.1, 0.15) is 5.82 Å². The smallest absolute Gasteiger partial charge is 0.243 e. The van der Waals surface area contributed by atoms with E-state index in [-0.39, 0.29) is 4.90 Å². The van der Waals surface area contributed by atoms with Crippen LogP contribution in [-0.4, -0.2) is 55.0 Å². The van der Waals surface area contributed by atoms with Crippen LogP contribution in [0.15, 0.2) is 29.2 Å². The molecule has 22 heavy (non-hydrogen) atoms. The SMILES string of the molecule is O=S(=O)(c1cccc(F)c1)N1CCN(C(=S)NC2CC2)CC1. The molecule has 0 atom stereocenters. The summed E-state index contributed by atoms with van der Waals surface area (Å²) in [5, 5.41) is 3.96. The van der Waals surface area contributed by atoms with Crippen LogP contribution in [0.5, 0.6) is 0 Å². The summed E-state index contributed by atoms with van der Waals surface area (Å²) in [6, 6.07) is 5.61. The first kappa shape index (κ1) is 15.6. The summed E-state index contributed by atoms with van der Waals surface area (Å²) >= 11 is 5.33. The Kier molecular flexibility index (Phi) is 4.33. The molecule has 1 aliphatic carbocycles. The highest BCUT2D eigenvalue weighted by Gasteiger charge is 2.30. The molecule has 2 fully saturated rings. The Bertz CT molecular complexity index is 668. The van der Waals surface area contributed by atoms with Crippen molar-refractivity contribution < 1.29 is 12.8 Å². The molecule has 3 rings (SSSR count). The third kappa shape index (κ3) is 3.39.